The molecule has 1 fully saturated rings. The third kappa shape index (κ3) is 4.09. The average molecular weight is 318 g/mol. The number of carbonyl (C=O) groups is 2. The van der Waals surface area contributed by atoms with Gasteiger partial charge in [-0.15, -0.1) is 0 Å². The number of oxime groups is 1. The molecule has 6 nitrogen and oxygen atoms in total. The maximum Gasteiger partial charge on any atom is 0.331 e. The molecule has 1 amide bonds. The zero-order valence-corrected chi connectivity index (χ0v) is 13.5. The van der Waals surface area contributed by atoms with Gasteiger partial charge >= 0.3 is 5.97 Å². The molecule has 6 heteroatoms. The summed E-state index contributed by atoms with van der Waals surface area (Å²) >= 11 is 0. The van der Waals surface area contributed by atoms with Crippen molar-refractivity contribution < 1.29 is 19.2 Å². The molecule has 2 rings (SSSR count). The number of hydrogen-bond acceptors (Lipinski definition) is 5. The van der Waals surface area contributed by atoms with E-state index in [4.69, 9.17) is 4.74 Å². The highest BCUT2D eigenvalue weighted by atomic mass is 16.6. The number of carbonyl (C=O) groups excluding carboxylic acids is 2. The van der Waals surface area contributed by atoms with Crippen LogP contribution in [0.3, 0.4) is 0 Å². The zero-order chi connectivity index (χ0) is 16.7. The minimum Gasteiger partial charge on any atom is -0.467 e. The van der Waals surface area contributed by atoms with Crippen LogP contribution in [0.1, 0.15) is 48.0 Å². The molecular formula is C17H22N2O4. The Morgan fingerprint density at radius 1 is 1.13 bits per heavy atom. The molecule has 1 aromatic rings. The Morgan fingerprint density at radius 3 is 2.35 bits per heavy atom. The predicted octanol–water partition coefficient (Wildman–Crippen LogP) is 2.27. The molecule has 0 unspecified atom stereocenters. The van der Waals surface area contributed by atoms with Crippen LogP contribution in [0.5, 0.6) is 0 Å². The minimum atomic E-state index is -0.903. The van der Waals surface area contributed by atoms with Crippen molar-refractivity contribution in [3.63, 3.8) is 0 Å². The topological polar surface area (TPSA) is 77.0 Å². The first-order valence-electron chi connectivity index (χ1n) is 7.69. The van der Waals surface area contributed by atoms with E-state index in [1.807, 2.05) is 0 Å². The van der Waals surface area contributed by atoms with Crippen molar-refractivity contribution in [1.29, 1.82) is 0 Å². The van der Waals surface area contributed by atoms with Gasteiger partial charge in [-0.1, -0.05) is 36.6 Å². The van der Waals surface area contributed by atoms with Gasteiger partial charge in [0.05, 0.1) is 13.3 Å². The number of esters is 1. The van der Waals surface area contributed by atoms with Crippen molar-refractivity contribution in [2.75, 3.05) is 14.2 Å². The van der Waals surface area contributed by atoms with E-state index in [-0.39, 0.29) is 11.9 Å². The van der Waals surface area contributed by atoms with Crippen LogP contribution in [0.4, 0.5) is 0 Å². The van der Waals surface area contributed by atoms with Gasteiger partial charge in [0.1, 0.15) is 12.6 Å². The summed E-state index contributed by atoms with van der Waals surface area (Å²) in [6.45, 7) is 0. The van der Waals surface area contributed by atoms with Gasteiger partial charge in [0.2, 0.25) is 0 Å². The Bertz CT molecular complexity index is 575. The van der Waals surface area contributed by atoms with Crippen LogP contribution >= 0.6 is 0 Å². The third-order valence-corrected chi connectivity index (χ3v) is 4.12. The fourth-order valence-electron chi connectivity index (χ4n) is 2.85. The molecular weight excluding hydrogens is 296 g/mol. The fourth-order valence-corrected chi connectivity index (χ4v) is 2.85. The molecule has 1 aliphatic carbocycles. The van der Waals surface area contributed by atoms with Crippen molar-refractivity contribution in [3.8, 4) is 0 Å². The first-order chi connectivity index (χ1) is 11.1. The first kappa shape index (κ1) is 17.0. The van der Waals surface area contributed by atoms with E-state index in [2.05, 4.69) is 15.3 Å². The Morgan fingerprint density at radius 2 is 1.78 bits per heavy atom. The lowest BCUT2D eigenvalue weighted by molar-refractivity contribution is -0.149. The lowest BCUT2D eigenvalue weighted by Gasteiger charge is -2.35. The molecule has 1 saturated carbocycles. The minimum absolute atomic E-state index is 0.271. The Labute approximate surface area is 135 Å². The number of hydrogen-bond donors (Lipinski definition) is 1. The first-order valence-corrected chi connectivity index (χ1v) is 7.69. The number of nitrogens with one attached hydrogen (secondary N) is 1. The van der Waals surface area contributed by atoms with E-state index >= 15 is 0 Å². The summed E-state index contributed by atoms with van der Waals surface area (Å²) in [5.41, 5.74) is 0.414. The largest absolute Gasteiger partial charge is 0.467 e. The highest BCUT2D eigenvalue weighted by molar-refractivity contribution is 5.98. The van der Waals surface area contributed by atoms with Gasteiger partial charge in [0.15, 0.2) is 0 Å². The van der Waals surface area contributed by atoms with Crippen LogP contribution in [0, 0.1) is 0 Å². The number of ether oxygens (including phenoxy) is 1. The van der Waals surface area contributed by atoms with Crippen molar-refractivity contribution in [2.45, 2.75) is 37.6 Å². The molecule has 1 aromatic carbocycles. The molecule has 124 valence electrons. The molecule has 0 aromatic heterocycles. The van der Waals surface area contributed by atoms with E-state index in [0.29, 0.717) is 18.4 Å². The third-order valence-electron chi connectivity index (χ3n) is 4.12. The second-order valence-electron chi connectivity index (χ2n) is 5.63. The molecule has 0 spiro atoms. The number of nitrogens with zero attached hydrogens (tertiary/aromatic N) is 1. The van der Waals surface area contributed by atoms with Crippen molar-refractivity contribution in [3.05, 3.63) is 35.4 Å². The smallest absolute Gasteiger partial charge is 0.331 e. The quantitative estimate of drug-likeness (QED) is 0.513. The summed E-state index contributed by atoms with van der Waals surface area (Å²) in [7, 11) is 2.82. The van der Waals surface area contributed by atoms with Crippen molar-refractivity contribution in [1.82, 2.24) is 5.32 Å². The SMILES string of the molecule is CO/N=C/c1ccc(C(=O)NC2(C(=O)OC)CCCCC2)cc1. The van der Waals surface area contributed by atoms with E-state index in [1.165, 1.54) is 14.2 Å². The summed E-state index contributed by atoms with van der Waals surface area (Å²) in [6, 6.07) is 6.92. The van der Waals surface area contributed by atoms with Crippen molar-refractivity contribution in [2.24, 2.45) is 5.16 Å². The molecule has 0 atom stereocenters. The monoisotopic (exact) mass is 318 g/mol. The van der Waals surface area contributed by atoms with E-state index < -0.39 is 5.54 Å². The Balaban J connectivity index is 2.12. The summed E-state index contributed by atoms with van der Waals surface area (Å²) in [4.78, 5) is 29.3. The molecule has 0 radical (unpaired) electrons. The van der Waals surface area contributed by atoms with Gasteiger partial charge in [-0.2, -0.15) is 0 Å². The van der Waals surface area contributed by atoms with Gasteiger partial charge in [-0.3, -0.25) is 4.79 Å². The predicted molar refractivity (Wildman–Crippen MR) is 86.3 cm³/mol. The van der Waals surface area contributed by atoms with E-state index in [0.717, 1.165) is 24.8 Å². The average Bonchev–Trinajstić information content (AvgIpc) is 2.60. The standard InChI is InChI=1S/C17H22N2O4/c1-22-16(21)17(10-4-3-5-11-17)19-15(20)14-8-6-13(7-9-14)12-18-23-2/h6-9,12H,3-5,10-11H2,1-2H3,(H,19,20)/b18-12+. The highest BCUT2D eigenvalue weighted by Crippen LogP contribution is 2.29. The fraction of sp³-hybridized carbons (Fsp3) is 0.471. The van der Waals surface area contributed by atoms with Crippen LogP contribution in [-0.2, 0) is 14.4 Å². The van der Waals surface area contributed by atoms with Gasteiger partial charge in [0, 0.05) is 5.56 Å². The second-order valence-corrected chi connectivity index (χ2v) is 5.63. The summed E-state index contributed by atoms with van der Waals surface area (Å²) < 4.78 is 4.91. The van der Waals surface area contributed by atoms with Gasteiger partial charge in [-0.25, -0.2) is 4.79 Å². The molecule has 0 bridgehead atoms. The number of amides is 1. The van der Waals surface area contributed by atoms with Gasteiger partial charge in [0.25, 0.3) is 5.91 Å². The maximum atomic E-state index is 12.5. The zero-order valence-electron chi connectivity index (χ0n) is 13.5. The van der Waals surface area contributed by atoms with E-state index in [1.54, 1.807) is 30.5 Å². The molecule has 1 N–H and O–H groups in total. The lowest BCUT2D eigenvalue weighted by atomic mass is 9.81. The summed E-state index contributed by atoms with van der Waals surface area (Å²) in [5.74, 6) is -0.637. The summed E-state index contributed by atoms with van der Waals surface area (Å²) in [6.07, 6.45) is 5.67. The van der Waals surface area contributed by atoms with Gasteiger partial charge < -0.3 is 14.9 Å². The summed E-state index contributed by atoms with van der Waals surface area (Å²) in [5, 5.41) is 6.56. The highest BCUT2D eigenvalue weighted by Gasteiger charge is 2.42. The van der Waals surface area contributed by atoms with Crippen molar-refractivity contribution >= 4 is 18.1 Å². The molecule has 0 aliphatic heterocycles. The van der Waals surface area contributed by atoms with Crippen LogP contribution in [0.15, 0.2) is 29.4 Å². The Kier molecular flexibility index (Phi) is 5.73. The number of rotatable bonds is 5. The van der Waals surface area contributed by atoms with Gasteiger partial charge in [-0.05, 0) is 30.5 Å². The van der Waals surface area contributed by atoms with E-state index in [9.17, 15) is 9.59 Å². The lowest BCUT2D eigenvalue weighted by Crippen LogP contribution is -2.56. The molecule has 1 aliphatic rings. The van der Waals surface area contributed by atoms with Crippen LogP contribution < -0.4 is 5.32 Å². The number of benzene rings is 1. The molecule has 0 saturated heterocycles. The Hall–Kier alpha value is -2.37. The number of methoxy groups -OCH3 is 1. The molecule has 0 heterocycles. The molecule has 23 heavy (non-hydrogen) atoms. The van der Waals surface area contributed by atoms with Crippen LogP contribution in [0.2, 0.25) is 0 Å². The van der Waals surface area contributed by atoms with Crippen LogP contribution in [0.25, 0.3) is 0 Å². The normalized spacial score (nSPS) is 16.8. The maximum absolute atomic E-state index is 12.5. The second kappa shape index (κ2) is 7.76. The van der Waals surface area contributed by atoms with Crippen LogP contribution in [-0.4, -0.2) is 37.8 Å².